The maximum Gasteiger partial charge on any atom is 0.128 e. The SMILES string of the molecule is COc1c(C(O)c2ccc(Cl)s2)ccc(C)c1C. The maximum absolute atomic E-state index is 10.4. The van der Waals surface area contributed by atoms with Crippen LogP contribution in [0.25, 0.3) is 0 Å². The van der Waals surface area contributed by atoms with Gasteiger partial charge in [-0.15, -0.1) is 11.3 Å². The fourth-order valence-corrected chi connectivity index (χ4v) is 2.99. The lowest BCUT2D eigenvalue weighted by molar-refractivity contribution is 0.218. The maximum atomic E-state index is 10.4. The molecule has 0 amide bonds. The van der Waals surface area contributed by atoms with Crippen molar-refractivity contribution in [2.24, 2.45) is 0 Å². The molecular formula is C14H15ClO2S. The molecule has 0 aliphatic carbocycles. The highest BCUT2D eigenvalue weighted by atomic mass is 35.5. The van der Waals surface area contributed by atoms with E-state index in [2.05, 4.69) is 0 Å². The highest BCUT2D eigenvalue weighted by molar-refractivity contribution is 7.16. The molecule has 1 N–H and O–H groups in total. The second-order valence-electron chi connectivity index (χ2n) is 4.17. The standard InChI is InChI=1S/C14H15ClO2S/c1-8-4-5-10(14(17-3)9(8)2)13(16)11-6-7-12(15)18-11/h4-7,13,16H,1-3H3. The predicted octanol–water partition coefficient (Wildman–Crippen LogP) is 4.11. The van der Waals surface area contributed by atoms with Crippen molar-refractivity contribution in [1.29, 1.82) is 0 Å². The number of rotatable bonds is 3. The molecule has 2 nitrogen and oxygen atoms in total. The Bertz CT molecular complexity index is 563. The monoisotopic (exact) mass is 282 g/mol. The minimum Gasteiger partial charge on any atom is -0.496 e. The van der Waals surface area contributed by atoms with Crippen LogP contribution in [0.2, 0.25) is 4.34 Å². The molecule has 0 fully saturated rings. The average molecular weight is 283 g/mol. The molecule has 0 aliphatic heterocycles. The summed E-state index contributed by atoms with van der Waals surface area (Å²) in [6.07, 6.45) is -0.697. The van der Waals surface area contributed by atoms with Gasteiger partial charge < -0.3 is 9.84 Å². The molecular weight excluding hydrogens is 268 g/mol. The van der Waals surface area contributed by atoms with Crippen LogP contribution in [-0.2, 0) is 0 Å². The first-order chi connectivity index (χ1) is 8.54. The summed E-state index contributed by atoms with van der Waals surface area (Å²) in [6.45, 7) is 4.02. The van der Waals surface area contributed by atoms with Crippen LogP contribution in [-0.4, -0.2) is 12.2 Å². The van der Waals surface area contributed by atoms with Crippen LogP contribution in [0.3, 0.4) is 0 Å². The van der Waals surface area contributed by atoms with Crippen LogP contribution in [0.1, 0.15) is 27.7 Å². The highest BCUT2D eigenvalue weighted by Crippen LogP contribution is 2.37. The van der Waals surface area contributed by atoms with E-state index < -0.39 is 6.10 Å². The van der Waals surface area contributed by atoms with Gasteiger partial charge in [-0.25, -0.2) is 0 Å². The third-order valence-electron chi connectivity index (χ3n) is 3.07. The number of hydrogen-bond donors (Lipinski definition) is 1. The third-order valence-corrected chi connectivity index (χ3v) is 4.35. The minimum atomic E-state index is -0.697. The zero-order valence-electron chi connectivity index (χ0n) is 10.5. The van der Waals surface area contributed by atoms with E-state index in [1.54, 1.807) is 13.2 Å². The van der Waals surface area contributed by atoms with Gasteiger partial charge >= 0.3 is 0 Å². The minimum absolute atomic E-state index is 0.673. The molecule has 0 bridgehead atoms. The Morgan fingerprint density at radius 2 is 1.94 bits per heavy atom. The van der Waals surface area contributed by atoms with Crippen molar-refractivity contribution < 1.29 is 9.84 Å². The van der Waals surface area contributed by atoms with Gasteiger partial charge in [-0.3, -0.25) is 0 Å². The summed E-state index contributed by atoms with van der Waals surface area (Å²) >= 11 is 7.28. The fraction of sp³-hybridized carbons (Fsp3) is 0.286. The van der Waals surface area contributed by atoms with Crippen molar-refractivity contribution in [2.75, 3.05) is 7.11 Å². The molecule has 2 rings (SSSR count). The van der Waals surface area contributed by atoms with Crippen LogP contribution in [0.15, 0.2) is 24.3 Å². The Labute approximate surface area is 116 Å². The van der Waals surface area contributed by atoms with E-state index in [0.717, 1.165) is 27.3 Å². The van der Waals surface area contributed by atoms with Gasteiger partial charge in [0.25, 0.3) is 0 Å². The smallest absolute Gasteiger partial charge is 0.128 e. The van der Waals surface area contributed by atoms with Crippen molar-refractivity contribution in [3.05, 3.63) is 50.2 Å². The van der Waals surface area contributed by atoms with Crippen molar-refractivity contribution in [3.63, 3.8) is 0 Å². The van der Waals surface area contributed by atoms with Gasteiger partial charge in [0.15, 0.2) is 0 Å². The molecule has 96 valence electrons. The summed E-state index contributed by atoms with van der Waals surface area (Å²) in [5.74, 6) is 0.743. The number of aryl methyl sites for hydroxylation is 1. The van der Waals surface area contributed by atoms with Crippen molar-refractivity contribution in [3.8, 4) is 5.75 Å². The normalized spacial score (nSPS) is 12.5. The molecule has 0 radical (unpaired) electrons. The Balaban J connectivity index is 2.48. The average Bonchev–Trinajstić information content (AvgIpc) is 2.78. The van der Waals surface area contributed by atoms with Gasteiger partial charge in [0.05, 0.1) is 11.4 Å². The second-order valence-corrected chi connectivity index (χ2v) is 5.92. The predicted molar refractivity (Wildman–Crippen MR) is 75.9 cm³/mol. The van der Waals surface area contributed by atoms with Crippen LogP contribution in [0.5, 0.6) is 5.75 Å². The van der Waals surface area contributed by atoms with Crippen molar-refractivity contribution >= 4 is 22.9 Å². The fourth-order valence-electron chi connectivity index (χ4n) is 1.93. The first-order valence-corrected chi connectivity index (χ1v) is 6.81. The van der Waals surface area contributed by atoms with Gasteiger partial charge in [-0.1, -0.05) is 23.7 Å². The Morgan fingerprint density at radius 3 is 2.50 bits per heavy atom. The number of aliphatic hydroxyl groups excluding tert-OH is 1. The number of ether oxygens (including phenoxy) is 1. The van der Waals surface area contributed by atoms with E-state index in [1.165, 1.54) is 11.3 Å². The van der Waals surface area contributed by atoms with Gasteiger partial charge in [-0.2, -0.15) is 0 Å². The lowest BCUT2D eigenvalue weighted by Crippen LogP contribution is -2.03. The van der Waals surface area contributed by atoms with E-state index in [1.807, 2.05) is 32.0 Å². The Kier molecular flexibility index (Phi) is 3.95. The molecule has 1 heterocycles. The van der Waals surface area contributed by atoms with Gasteiger partial charge in [0.1, 0.15) is 11.9 Å². The molecule has 1 unspecified atom stereocenters. The van der Waals surface area contributed by atoms with Crippen molar-refractivity contribution in [2.45, 2.75) is 20.0 Å². The molecule has 4 heteroatoms. The number of thiophene rings is 1. The molecule has 0 saturated carbocycles. The number of aliphatic hydroxyl groups is 1. The zero-order chi connectivity index (χ0) is 13.3. The van der Waals surface area contributed by atoms with Crippen molar-refractivity contribution in [1.82, 2.24) is 0 Å². The van der Waals surface area contributed by atoms with Crippen LogP contribution in [0, 0.1) is 13.8 Å². The molecule has 1 atom stereocenters. The van der Waals surface area contributed by atoms with Gasteiger partial charge in [0, 0.05) is 10.4 Å². The largest absolute Gasteiger partial charge is 0.496 e. The molecule has 0 saturated heterocycles. The first kappa shape index (κ1) is 13.4. The van der Waals surface area contributed by atoms with Gasteiger partial charge in [0.2, 0.25) is 0 Å². The lowest BCUT2D eigenvalue weighted by atomic mass is 10.00. The van der Waals surface area contributed by atoms with E-state index >= 15 is 0 Å². The summed E-state index contributed by atoms with van der Waals surface area (Å²) < 4.78 is 6.09. The van der Waals surface area contributed by atoms with Crippen LogP contribution >= 0.6 is 22.9 Å². The first-order valence-electron chi connectivity index (χ1n) is 5.62. The summed E-state index contributed by atoms with van der Waals surface area (Å²) in [6, 6.07) is 7.52. The van der Waals surface area contributed by atoms with E-state index in [4.69, 9.17) is 16.3 Å². The van der Waals surface area contributed by atoms with E-state index in [-0.39, 0.29) is 0 Å². The van der Waals surface area contributed by atoms with Gasteiger partial charge in [-0.05, 0) is 37.1 Å². The Hall–Kier alpha value is -1.03. The number of hydrogen-bond acceptors (Lipinski definition) is 3. The Morgan fingerprint density at radius 1 is 1.22 bits per heavy atom. The lowest BCUT2D eigenvalue weighted by Gasteiger charge is -2.17. The van der Waals surface area contributed by atoms with E-state index in [9.17, 15) is 5.11 Å². The highest BCUT2D eigenvalue weighted by Gasteiger charge is 2.19. The summed E-state index contributed by atoms with van der Waals surface area (Å²) in [5, 5.41) is 10.4. The third kappa shape index (κ3) is 2.39. The molecule has 2 aromatic rings. The number of benzene rings is 1. The number of methoxy groups -OCH3 is 1. The summed E-state index contributed by atoms with van der Waals surface area (Å²) in [4.78, 5) is 0.821. The quantitative estimate of drug-likeness (QED) is 0.918. The summed E-state index contributed by atoms with van der Waals surface area (Å²) in [5.41, 5.74) is 2.97. The van der Waals surface area contributed by atoms with Crippen LogP contribution in [0.4, 0.5) is 0 Å². The molecule has 1 aromatic heterocycles. The topological polar surface area (TPSA) is 29.5 Å². The second kappa shape index (κ2) is 5.31. The molecule has 0 spiro atoms. The summed E-state index contributed by atoms with van der Waals surface area (Å²) in [7, 11) is 1.62. The molecule has 0 aliphatic rings. The van der Waals surface area contributed by atoms with E-state index in [0.29, 0.717) is 4.34 Å². The zero-order valence-corrected chi connectivity index (χ0v) is 12.1. The molecule has 18 heavy (non-hydrogen) atoms. The molecule has 1 aromatic carbocycles. The van der Waals surface area contributed by atoms with Crippen LogP contribution < -0.4 is 4.74 Å². The number of halogens is 1.